The number of benzene rings is 2. The molecule has 0 saturated carbocycles. The van der Waals surface area contributed by atoms with E-state index in [9.17, 15) is 5.53 Å². The number of nitrogens with zero attached hydrogens (tertiary/aromatic N) is 2. The summed E-state index contributed by atoms with van der Waals surface area (Å²) in [6.45, 7) is 6.25. The Morgan fingerprint density at radius 1 is 0.906 bits per heavy atom. The Morgan fingerprint density at radius 2 is 1.44 bits per heavy atom. The van der Waals surface area contributed by atoms with Crippen molar-refractivity contribution in [1.29, 1.82) is 0 Å². The summed E-state index contributed by atoms with van der Waals surface area (Å²) in [5.41, 5.74) is 18.2. The summed E-state index contributed by atoms with van der Waals surface area (Å²) in [6.07, 6.45) is 8.81. The molecule has 2 nitrogen and oxygen atoms in total. The summed E-state index contributed by atoms with van der Waals surface area (Å²) in [7, 11) is 1.25. The average molecular weight is 601 g/mol. The van der Waals surface area contributed by atoms with Gasteiger partial charge in [-0.3, -0.25) is 0 Å². The van der Waals surface area contributed by atoms with E-state index in [1.165, 1.54) is 52.4 Å². The zero-order chi connectivity index (χ0) is 23.3. The van der Waals surface area contributed by atoms with Gasteiger partial charge in [0.25, 0.3) is 0 Å². The van der Waals surface area contributed by atoms with Gasteiger partial charge in [-0.05, 0) is 68.0 Å². The average Bonchev–Trinajstić information content (AvgIpc) is 3.13. The summed E-state index contributed by atoms with van der Waals surface area (Å²) in [5.74, 6) is 6.19. The SMILES string of the molecule is CC#CC1=C(c2cccc(CCCC)c2)[N+](=[N-])C(c2cccc(CCCC)c2)=C1.[Br][Ni][Br]. The van der Waals surface area contributed by atoms with Crippen LogP contribution in [-0.2, 0) is 23.7 Å². The maximum absolute atomic E-state index is 11.1. The molecule has 0 atom stereocenters. The number of allylic oxidation sites excluding steroid dienone is 2. The van der Waals surface area contributed by atoms with Crippen LogP contribution in [-0.4, -0.2) is 4.70 Å². The minimum atomic E-state index is 0.770. The Bertz CT molecular complexity index is 1040. The summed E-state index contributed by atoms with van der Waals surface area (Å²) in [6, 6.07) is 16.9. The van der Waals surface area contributed by atoms with Crippen molar-refractivity contribution in [3.63, 3.8) is 0 Å². The molecule has 0 aliphatic carbocycles. The molecule has 5 heteroatoms. The summed E-state index contributed by atoms with van der Waals surface area (Å²) in [5, 5.41) is 0. The topological polar surface area (TPSA) is 25.3 Å². The van der Waals surface area contributed by atoms with Gasteiger partial charge < -0.3 is 5.53 Å². The number of rotatable bonds is 8. The van der Waals surface area contributed by atoms with Crippen LogP contribution in [0.25, 0.3) is 16.9 Å². The van der Waals surface area contributed by atoms with Crippen LogP contribution in [0.3, 0.4) is 0 Å². The molecule has 0 aromatic heterocycles. The third-order valence-electron chi connectivity index (χ3n) is 5.30. The van der Waals surface area contributed by atoms with E-state index in [0.29, 0.717) is 0 Å². The number of unbranched alkanes of at least 4 members (excludes halogenated alkanes) is 2. The van der Waals surface area contributed by atoms with Gasteiger partial charge in [0.05, 0.1) is 0 Å². The van der Waals surface area contributed by atoms with Gasteiger partial charge in [-0.2, -0.15) is 0 Å². The Kier molecular flexibility index (Phi) is 12.2. The molecule has 32 heavy (non-hydrogen) atoms. The first-order valence-electron chi connectivity index (χ1n) is 11.0. The molecule has 2 aromatic carbocycles. The van der Waals surface area contributed by atoms with Crippen molar-refractivity contribution in [2.24, 2.45) is 0 Å². The van der Waals surface area contributed by atoms with Gasteiger partial charge in [0, 0.05) is 17.2 Å². The molecule has 0 N–H and O–H groups in total. The van der Waals surface area contributed by atoms with Crippen LogP contribution in [0.1, 0.15) is 68.7 Å². The second kappa shape index (κ2) is 14.6. The van der Waals surface area contributed by atoms with Gasteiger partial charge in [-0.15, -0.1) is 5.92 Å². The minimum absolute atomic E-state index is 0.770. The van der Waals surface area contributed by atoms with Crippen LogP contribution >= 0.6 is 28.5 Å². The van der Waals surface area contributed by atoms with E-state index >= 15 is 0 Å². The maximum atomic E-state index is 11.1. The zero-order valence-corrected chi connectivity index (χ0v) is 23.1. The summed E-state index contributed by atoms with van der Waals surface area (Å²) < 4.78 is 1.32. The van der Waals surface area contributed by atoms with Gasteiger partial charge in [-0.25, -0.2) is 4.70 Å². The summed E-state index contributed by atoms with van der Waals surface area (Å²) >= 11 is 6.00. The van der Waals surface area contributed by atoms with Crippen LogP contribution in [0, 0.1) is 11.8 Å². The Labute approximate surface area is 213 Å². The fourth-order valence-electron chi connectivity index (χ4n) is 3.74. The van der Waals surface area contributed by atoms with Crippen molar-refractivity contribution in [3.8, 4) is 11.8 Å². The van der Waals surface area contributed by atoms with Crippen LogP contribution in [0.5, 0.6) is 0 Å². The molecule has 3 rings (SSSR count). The molecule has 172 valence electrons. The van der Waals surface area contributed by atoms with Crippen LogP contribution in [0.4, 0.5) is 0 Å². The van der Waals surface area contributed by atoms with E-state index in [4.69, 9.17) is 0 Å². The van der Waals surface area contributed by atoms with Gasteiger partial charge in [0.15, 0.2) is 0 Å². The zero-order valence-electron chi connectivity index (χ0n) is 18.9. The quantitative estimate of drug-likeness (QED) is 0.164. The third-order valence-corrected chi connectivity index (χ3v) is 5.30. The van der Waals surface area contributed by atoms with Gasteiger partial charge in [0.1, 0.15) is 5.57 Å². The molecule has 1 aliphatic rings. The normalized spacial score (nSPS) is 12.8. The Morgan fingerprint density at radius 3 is 1.97 bits per heavy atom. The van der Waals surface area contributed by atoms with Crippen molar-refractivity contribution in [3.05, 3.63) is 88.0 Å². The van der Waals surface area contributed by atoms with E-state index in [-0.39, 0.29) is 0 Å². The van der Waals surface area contributed by atoms with E-state index < -0.39 is 0 Å². The van der Waals surface area contributed by atoms with Crippen molar-refractivity contribution in [2.75, 3.05) is 0 Å². The molecular formula is C27H30Br2N2Ni. The summed E-state index contributed by atoms with van der Waals surface area (Å²) in [4.78, 5) is 0. The van der Waals surface area contributed by atoms with Crippen molar-refractivity contribution in [1.82, 2.24) is 0 Å². The molecule has 0 saturated heterocycles. The second-order valence-corrected chi connectivity index (χ2v) is 12.6. The molecule has 0 spiro atoms. The molecule has 0 fully saturated rings. The van der Waals surface area contributed by atoms with Crippen molar-refractivity contribution >= 4 is 39.8 Å². The van der Waals surface area contributed by atoms with E-state index in [0.717, 1.165) is 40.9 Å². The standard InChI is InChI=1S/C27H30N2.2BrH.Ni/c1-4-7-12-21-14-9-16-23(18-21)26-20-24(11-6-3)27(29(26)28)25-17-10-15-22(19-25)13-8-5-2;;;/h9-10,14-20H,4-5,7-8,12-13H2,1-3H3;2*1H;/q;;;+2/p-2. The molecule has 0 unspecified atom stereocenters. The molecule has 1 aliphatic heterocycles. The Hall–Kier alpha value is -1.47. The Balaban J connectivity index is 0.00000114. The monoisotopic (exact) mass is 598 g/mol. The number of hydrogen-bond acceptors (Lipinski definition) is 0. The van der Waals surface area contributed by atoms with Crippen LogP contribution < -0.4 is 0 Å². The van der Waals surface area contributed by atoms with Gasteiger partial charge in [0.2, 0.25) is 11.4 Å². The van der Waals surface area contributed by atoms with Gasteiger partial charge in [-0.1, -0.05) is 56.9 Å². The predicted molar refractivity (Wildman–Crippen MR) is 140 cm³/mol. The molecule has 1 heterocycles. The number of halogens is 2. The first-order valence-corrected chi connectivity index (χ1v) is 15.9. The molecule has 2 aromatic rings. The fourth-order valence-corrected chi connectivity index (χ4v) is 3.74. The van der Waals surface area contributed by atoms with Crippen LogP contribution in [0.15, 0.2) is 60.2 Å². The molecule has 0 amide bonds. The first-order chi connectivity index (χ1) is 15.6. The van der Waals surface area contributed by atoms with Gasteiger partial charge >= 0.3 is 39.3 Å². The van der Waals surface area contributed by atoms with E-state index in [1.807, 2.05) is 13.0 Å². The van der Waals surface area contributed by atoms with E-state index in [2.05, 4.69) is 103 Å². The molecular weight excluding hydrogens is 571 g/mol. The first kappa shape index (κ1) is 26.8. The number of aryl methyl sites for hydroxylation is 2. The van der Waals surface area contributed by atoms with Crippen LogP contribution in [0.2, 0.25) is 0 Å². The predicted octanol–water partition coefficient (Wildman–Crippen LogP) is 8.88. The third kappa shape index (κ3) is 7.55. The van der Waals surface area contributed by atoms with Crippen molar-refractivity contribution in [2.45, 2.75) is 59.3 Å². The van der Waals surface area contributed by atoms with E-state index in [1.54, 1.807) is 0 Å². The fraction of sp³-hybridized carbons (Fsp3) is 0.333. The molecule has 0 radical (unpaired) electrons. The van der Waals surface area contributed by atoms with Crippen molar-refractivity contribution < 1.29 is 15.6 Å². The second-order valence-electron chi connectivity index (χ2n) is 7.63. The number of hydrogen-bond donors (Lipinski definition) is 0. The molecule has 0 bridgehead atoms.